The Labute approximate surface area is 181 Å². The zero-order valence-corrected chi connectivity index (χ0v) is 17.8. The Balaban J connectivity index is 1.80. The van der Waals surface area contributed by atoms with Gasteiger partial charge in [0.15, 0.2) is 0 Å². The van der Waals surface area contributed by atoms with Crippen molar-refractivity contribution in [2.24, 2.45) is 0 Å². The second-order valence-corrected chi connectivity index (χ2v) is 7.43. The number of carbonyl (C=O) groups is 3. The van der Waals surface area contributed by atoms with Crippen molar-refractivity contribution in [2.75, 3.05) is 38.1 Å². The minimum Gasteiger partial charge on any atom is -0.341 e. The van der Waals surface area contributed by atoms with Crippen LogP contribution in [0.3, 0.4) is 0 Å². The summed E-state index contributed by atoms with van der Waals surface area (Å²) in [4.78, 5) is 46.4. The molecule has 1 saturated heterocycles. The van der Waals surface area contributed by atoms with Crippen LogP contribution in [0.25, 0.3) is 0 Å². The van der Waals surface area contributed by atoms with Crippen LogP contribution in [0.5, 0.6) is 0 Å². The lowest BCUT2D eigenvalue weighted by molar-refractivity contribution is -0.128. The second-order valence-electron chi connectivity index (χ2n) is 7.43. The molecule has 1 aliphatic heterocycles. The summed E-state index contributed by atoms with van der Waals surface area (Å²) in [5.74, 6) is 0.0262. The summed E-state index contributed by atoms with van der Waals surface area (Å²) in [5, 5.41) is 9.85. The van der Waals surface area contributed by atoms with Crippen LogP contribution in [0.4, 0.5) is 10.6 Å². The highest BCUT2D eigenvalue weighted by Crippen LogP contribution is 2.18. The molecule has 0 aliphatic carbocycles. The number of aromatic nitrogens is 1. The van der Waals surface area contributed by atoms with Gasteiger partial charge in [0.2, 0.25) is 5.91 Å². The summed E-state index contributed by atoms with van der Waals surface area (Å²) in [5.41, 5.74) is 1.16. The molecule has 4 amide bonds. The molecule has 1 N–H and O–H groups in total. The molecule has 0 unspecified atom stereocenters. The smallest absolute Gasteiger partial charge is 0.326 e. The van der Waals surface area contributed by atoms with Gasteiger partial charge in [-0.05, 0) is 36.2 Å². The fourth-order valence-corrected chi connectivity index (χ4v) is 3.48. The fourth-order valence-electron chi connectivity index (χ4n) is 3.48. The Morgan fingerprint density at radius 1 is 1.00 bits per heavy atom. The van der Waals surface area contributed by atoms with E-state index in [4.69, 9.17) is 0 Å². The number of carbonyl (C=O) groups excluding carboxylic acids is 3. The van der Waals surface area contributed by atoms with Crippen LogP contribution in [0, 0.1) is 0 Å². The highest BCUT2D eigenvalue weighted by atomic mass is 16.5. The van der Waals surface area contributed by atoms with Crippen LogP contribution >= 0.6 is 0 Å². The molecule has 2 heterocycles. The number of hydrogen-bond donors (Lipinski definition) is 1. The molecule has 1 fully saturated rings. The zero-order valence-electron chi connectivity index (χ0n) is 17.8. The molecule has 0 bridgehead atoms. The lowest BCUT2D eigenvalue weighted by Crippen LogP contribution is -2.45. The van der Waals surface area contributed by atoms with Crippen LogP contribution in [0.1, 0.15) is 29.3 Å². The van der Waals surface area contributed by atoms with Gasteiger partial charge in [-0.25, -0.2) is 14.8 Å². The van der Waals surface area contributed by atoms with E-state index in [2.05, 4.69) is 4.98 Å². The molecule has 0 radical (unpaired) electrons. The third-order valence-electron chi connectivity index (χ3n) is 5.20. The van der Waals surface area contributed by atoms with E-state index < -0.39 is 5.91 Å². The first-order valence-corrected chi connectivity index (χ1v) is 10.2. The molecule has 9 heteroatoms. The highest BCUT2D eigenvalue weighted by molar-refractivity contribution is 5.93. The summed E-state index contributed by atoms with van der Waals surface area (Å²) in [6.07, 6.45) is 2.35. The minimum absolute atomic E-state index is 0.0130. The SMILES string of the molecule is CC(=O)N1CCCN(C(=O)N(Cc2ccc(C(=O)N(C)O)cc2)c2ccccn2)CC1. The maximum absolute atomic E-state index is 13.4. The van der Waals surface area contributed by atoms with Crippen molar-refractivity contribution in [1.82, 2.24) is 19.8 Å². The summed E-state index contributed by atoms with van der Waals surface area (Å²) < 4.78 is 0. The van der Waals surface area contributed by atoms with Crippen LogP contribution in [0.15, 0.2) is 48.7 Å². The first-order chi connectivity index (χ1) is 14.9. The molecule has 0 atom stereocenters. The van der Waals surface area contributed by atoms with Gasteiger partial charge in [-0.1, -0.05) is 18.2 Å². The molecule has 9 nitrogen and oxygen atoms in total. The van der Waals surface area contributed by atoms with Gasteiger partial charge in [-0.15, -0.1) is 0 Å². The van der Waals surface area contributed by atoms with E-state index in [-0.39, 0.29) is 18.5 Å². The Kier molecular flexibility index (Phi) is 7.19. The summed E-state index contributed by atoms with van der Waals surface area (Å²) in [6.45, 7) is 3.97. The Bertz CT molecular complexity index is 917. The van der Waals surface area contributed by atoms with Crippen LogP contribution in [-0.4, -0.2) is 76.1 Å². The van der Waals surface area contributed by atoms with Gasteiger partial charge in [-0.3, -0.25) is 19.7 Å². The lowest BCUT2D eigenvalue weighted by atomic mass is 10.1. The number of hydroxylamine groups is 2. The van der Waals surface area contributed by atoms with Crippen molar-refractivity contribution in [3.8, 4) is 0 Å². The van der Waals surface area contributed by atoms with E-state index in [1.54, 1.807) is 64.2 Å². The molecule has 0 saturated carbocycles. The third-order valence-corrected chi connectivity index (χ3v) is 5.20. The number of nitrogens with zero attached hydrogens (tertiary/aromatic N) is 5. The van der Waals surface area contributed by atoms with Crippen LogP contribution in [-0.2, 0) is 11.3 Å². The minimum atomic E-state index is -0.510. The molecule has 1 aliphatic rings. The average molecular weight is 425 g/mol. The van der Waals surface area contributed by atoms with Crippen molar-refractivity contribution < 1.29 is 19.6 Å². The summed E-state index contributed by atoms with van der Waals surface area (Å²) in [6, 6.07) is 11.9. The normalized spacial score (nSPS) is 14.0. The standard InChI is InChI=1S/C22H27N5O4/c1-17(28)25-12-5-13-26(15-14-25)22(30)27(20-6-3-4-11-23-20)16-18-7-9-19(10-8-18)21(29)24(2)31/h3-4,6-11,31H,5,12-16H2,1-2H3. The first kappa shape index (κ1) is 22.2. The number of amides is 4. The van der Waals surface area contributed by atoms with E-state index in [1.807, 2.05) is 6.07 Å². The summed E-state index contributed by atoms with van der Waals surface area (Å²) in [7, 11) is 1.27. The van der Waals surface area contributed by atoms with Gasteiger partial charge in [0.05, 0.1) is 6.54 Å². The van der Waals surface area contributed by atoms with Gasteiger partial charge >= 0.3 is 6.03 Å². The molecule has 1 aromatic heterocycles. The number of benzene rings is 1. The predicted octanol–water partition coefficient (Wildman–Crippen LogP) is 2.22. The van der Waals surface area contributed by atoms with Crippen LogP contribution < -0.4 is 4.90 Å². The molecule has 2 aromatic rings. The summed E-state index contributed by atoms with van der Waals surface area (Å²) >= 11 is 0. The second kappa shape index (κ2) is 10.0. The van der Waals surface area contributed by atoms with E-state index in [0.717, 1.165) is 5.56 Å². The molecule has 1 aromatic carbocycles. The largest absolute Gasteiger partial charge is 0.341 e. The fraction of sp³-hybridized carbons (Fsp3) is 0.364. The third kappa shape index (κ3) is 5.58. The Morgan fingerprint density at radius 2 is 1.68 bits per heavy atom. The first-order valence-electron chi connectivity index (χ1n) is 10.2. The highest BCUT2D eigenvalue weighted by Gasteiger charge is 2.26. The van der Waals surface area contributed by atoms with Crippen molar-refractivity contribution in [2.45, 2.75) is 19.9 Å². The predicted molar refractivity (Wildman–Crippen MR) is 115 cm³/mol. The monoisotopic (exact) mass is 425 g/mol. The number of hydrogen-bond acceptors (Lipinski definition) is 5. The molecule has 3 rings (SSSR count). The van der Waals surface area contributed by atoms with E-state index in [1.165, 1.54) is 7.05 Å². The number of rotatable bonds is 4. The van der Waals surface area contributed by atoms with Crippen molar-refractivity contribution in [1.29, 1.82) is 0 Å². The molecular formula is C22H27N5O4. The lowest BCUT2D eigenvalue weighted by Gasteiger charge is -2.29. The van der Waals surface area contributed by atoms with Crippen molar-refractivity contribution in [3.63, 3.8) is 0 Å². The maximum atomic E-state index is 13.4. The Morgan fingerprint density at radius 3 is 2.29 bits per heavy atom. The number of anilines is 1. The molecule has 0 spiro atoms. The van der Waals surface area contributed by atoms with Gasteiger partial charge < -0.3 is 9.80 Å². The maximum Gasteiger partial charge on any atom is 0.326 e. The van der Waals surface area contributed by atoms with Crippen molar-refractivity contribution >= 4 is 23.7 Å². The Hall–Kier alpha value is -3.46. The van der Waals surface area contributed by atoms with Gasteiger partial charge in [-0.2, -0.15) is 0 Å². The van der Waals surface area contributed by atoms with E-state index >= 15 is 0 Å². The number of urea groups is 1. The molecule has 164 valence electrons. The van der Waals surface area contributed by atoms with Crippen LogP contribution in [0.2, 0.25) is 0 Å². The quantitative estimate of drug-likeness (QED) is 0.598. The van der Waals surface area contributed by atoms with Gasteiger partial charge in [0.25, 0.3) is 5.91 Å². The molecular weight excluding hydrogens is 398 g/mol. The molecule has 31 heavy (non-hydrogen) atoms. The van der Waals surface area contributed by atoms with E-state index in [0.29, 0.717) is 49.0 Å². The van der Waals surface area contributed by atoms with Crippen molar-refractivity contribution in [3.05, 3.63) is 59.8 Å². The zero-order chi connectivity index (χ0) is 22.4. The van der Waals surface area contributed by atoms with Gasteiger partial charge in [0, 0.05) is 51.9 Å². The topological polar surface area (TPSA) is 97.3 Å². The van der Waals surface area contributed by atoms with Gasteiger partial charge in [0.1, 0.15) is 5.82 Å². The average Bonchev–Trinajstić information content (AvgIpc) is 3.04. The number of pyridine rings is 1. The van der Waals surface area contributed by atoms with E-state index in [9.17, 15) is 19.6 Å².